The van der Waals surface area contributed by atoms with Gasteiger partial charge in [0.05, 0.1) is 12.5 Å². The van der Waals surface area contributed by atoms with E-state index in [4.69, 9.17) is 4.74 Å². The van der Waals surface area contributed by atoms with Crippen molar-refractivity contribution in [3.05, 3.63) is 27.7 Å². The van der Waals surface area contributed by atoms with Crippen LogP contribution in [-0.2, 0) is 17.6 Å². The summed E-state index contributed by atoms with van der Waals surface area (Å²) in [4.78, 5) is 11.2. The summed E-state index contributed by atoms with van der Waals surface area (Å²) in [5, 5.41) is 9.23. The summed E-state index contributed by atoms with van der Waals surface area (Å²) >= 11 is 3.48. The summed E-state index contributed by atoms with van der Waals surface area (Å²) in [7, 11) is 0. The second kappa shape index (κ2) is 5.74. The number of rotatable bonds is 5. The van der Waals surface area contributed by atoms with Crippen molar-refractivity contribution in [3.63, 3.8) is 0 Å². The highest BCUT2D eigenvalue weighted by atomic mass is 79.9. The summed E-state index contributed by atoms with van der Waals surface area (Å²) in [6, 6.07) is 4.04. The highest BCUT2D eigenvalue weighted by Gasteiger charge is 2.23. The lowest BCUT2D eigenvalue weighted by molar-refractivity contribution is -0.141. The number of aliphatic carboxylic acids is 1. The Bertz CT molecular complexity index is 457. The molecular weight excluding hydrogens is 296 g/mol. The van der Waals surface area contributed by atoms with Crippen molar-refractivity contribution in [2.45, 2.75) is 32.6 Å². The van der Waals surface area contributed by atoms with Gasteiger partial charge < -0.3 is 9.84 Å². The van der Waals surface area contributed by atoms with Crippen LogP contribution in [0.2, 0.25) is 0 Å². The van der Waals surface area contributed by atoms with Crippen molar-refractivity contribution < 1.29 is 14.6 Å². The SMILES string of the molecule is CCCC(Cc1cc(Br)cc2c1OCC2)C(=O)O. The average molecular weight is 313 g/mol. The molecule has 1 aromatic carbocycles. The van der Waals surface area contributed by atoms with Gasteiger partial charge in [-0.2, -0.15) is 0 Å². The number of carboxylic acid groups (broad SMARTS) is 1. The van der Waals surface area contributed by atoms with E-state index in [2.05, 4.69) is 22.0 Å². The molecule has 0 saturated heterocycles. The second-order valence-electron chi connectivity index (χ2n) is 4.68. The van der Waals surface area contributed by atoms with E-state index < -0.39 is 5.97 Å². The Morgan fingerprint density at radius 3 is 3.00 bits per heavy atom. The maximum atomic E-state index is 11.2. The highest BCUT2D eigenvalue weighted by molar-refractivity contribution is 9.10. The molecule has 1 N–H and O–H groups in total. The van der Waals surface area contributed by atoms with Gasteiger partial charge in [0.2, 0.25) is 0 Å². The Labute approximate surface area is 115 Å². The van der Waals surface area contributed by atoms with Gasteiger partial charge >= 0.3 is 5.97 Å². The smallest absolute Gasteiger partial charge is 0.306 e. The molecule has 0 amide bonds. The van der Waals surface area contributed by atoms with Crippen LogP contribution in [0.25, 0.3) is 0 Å². The normalized spacial score (nSPS) is 15.0. The first kappa shape index (κ1) is 13.4. The number of hydrogen-bond donors (Lipinski definition) is 1. The second-order valence-corrected chi connectivity index (χ2v) is 5.60. The fraction of sp³-hybridized carbons (Fsp3) is 0.500. The van der Waals surface area contributed by atoms with Gasteiger partial charge in [-0.15, -0.1) is 0 Å². The lowest BCUT2D eigenvalue weighted by atomic mass is 9.93. The molecule has 0 spiro atoms. The molecule has 0 aromatic heterocycles. The van der Waals surface area contributed by atoms with E-state index in [0.29, 0.717) is 19.4 Å². The van der Waals surface area contributed by atoms with E-state index in [1.807, 2.05) is 13.0 Å². The minimum Gasteiger partial charge on any atom is -0.493 e. The number of carboxylic acids is 1. The summed E-state index contributed by atoms with van der Waals surface area (Å²) < 4.78 is 6.63. The largest absolute Gasteiger partial charge is 0.493 e. The van der Waals surface area contributed by atoms with Crippen LogP contribution in [0, 0.1) is 5.92 Å². The molecular formula is C14H17BrO3. The quantitative estimate of drug-likeness (QED) is 0.906. The Morgan fingerprint density at radius 2 is 2.33 bits per heavy atom. The van der Waals surface area contributed by atoms with Gasteiger partial charge in [-0.05, 0) is 36.1 Å². The zero-order valence-electron chi connectivity index (χ0n) is 10.4. The molecule has 4 heteroatoms. The van der Waals surface area contributed by atoms with Gasteiger partial charge in [-0.1, -0.05) is 29.3 Å². The van der Waals surface area contributed by atoms with E-state index in [0.717, 1.165) is 28.6 Å². The average Bonchev–Trinajstić information content (AvgIpc) is 2.76. The molecule has 0 fully saturated rings. The van der Waals surface area contributed by atoms with Crippen molar-refractivity contribution in [1.29, 1.82) is 0 Å². The summed E-state index contributed by atoms with van der Waals surface area (Å²) in [6.07, 6.45) is 3.04. The molecule has 3 nitrogen and oxygen atoms in total. The monoisotopic (exact) mass is 312 g/mol. The Morgan fingerprint density at radius 1 is 1.56 bits per heavy atom. The van der Waals surface area contributed by atoms with Crippen LogP contribution in [0.3, 0.4) is 0 Å². The van der Waals surface area contributed by atoms with E-state index in [1.165, 1.54) is 5.56 Å². The van der Waals surface area contributed by atoms with Crippen LogP contribution in [-0.4, -0.2) is 17.7 Å². The minimum absolute atomic E-state index is 0.322. The van der Waals surface area contributed by atoms with Crippen LogP contribution < -0.4 is 4.74 Å². The van der Waals surface area contributed by atoms with Crippen LogP contribution in [0.5, 0.6) is 5.75 Å². The first-order valence-electron chi connectivity index (χ1n) is 6.28. The molecule has 1 aromatic rings. The zero-order chi connectivity index (χ0) is 13.1. The molecule has 1 unspecified atom stereocenters. The van der Waals surface area contributed by atoms with E-state index >= 15 is 0 Å². The first-order chi connectivity index (χ1) is 8.61. The van der Waals surface area contributed by atoms with Gasteiger partial charge in [0.15, 0.2) is 0 Å². The maximum absolute atomic E-state index is 11.2. The van der Waals surface area contributed by atoms with E-state index in [1.54, 1.807) is 0 Å². The van der Waals surface area contributed by atoms with Crippen LogP contribution >= 0.6 is 15.9 Å². The molecule has 0 radical (unpaired) electrons. The molecule has 0 bridgehead atoms. The molecule has 18 heavy (non-hydrogen) atoms. The molecule has 1 aliphatic heterocycles. The van der Waals surface area contributed by atoms with Crippen molar-refractivity contribution >= 4 is 21.9 Å². The summed E-state index contributed by atoms with van der Waals surface area (Å²) in [5.41, 5.74) is 2.19. The third kappa shape index (κ3) is 2.86. The topological polar surface area (TPSA) is 46.5 Å². The third-order valence-corrected chi connectivity index (χ3v) is 3.74. The van der Waals surface area contributed by atoms with Crippen LogP contribution in [0.15, 0.2) is 16.6 Å². The fourth-order valence-corrected chi connectivity index (χ4v) is 2.98. The lowest BCUT2D eigenvalue weighted by Crippen LogP contribution is -2.16. The van der Waals surface area contributed by atoms with Crippen molar-refractivity contribution in [3.8, 4) is 5.75 Å². The number of benzene rings is 1. The predicted octanol–water partition coefficient (Wildman–Crippen LogP) is 3.43. The lowest BCUT2D eigenvalue weighted by Gasteiger charge is -2.14. The number of halogens is 1. The Balaban J connectivity index is 2.25. The number of hydrogen-bond acceptors (Lipinski definition) is 2. The predicted molar refractivity (Wildman–Crippen MR) is 73.1 cm³/mol. The molecule has 1 heterocycles. The molecule has 2 rings (SSSR count). The summed E-state index contributed by atoms with van der Waals surface area (Å²) in [6.45, 7) is 2.71. The fourth-order valence-electron chi connectivity index (χ4n) is 2.42. The minimum atomic E-state index is -0.719. The van der Waals surface area contributed by atoms with Crippen molar-refractivity contribution in [2.24, 2.45) is 5.92 Å². The van der Waals surface area contributed by atoms with E-state index in [-0.39, 0.29) is 5.92 Å². The maximum Gasteiger partial charge on any atom is 0.306 e. The van der Waals surface area contributed by atoms with Crippen molar-refractivity contribution in [2.75, 3.05) is 6.61 Å². The highest BCUT2D eigenvalue weighted by Crippen LogP contribution is 2.34. The van der Waals surface area contributed by atoms with Gasteiger partial charge in [0.25, 0.3) is 0 Å². The Kier molecular flexibility index (Phi) is 4.27. The van der Waals surface area contributed by atoms with Gasteiger partial charge in [0.1, 0.15) is 5.75 Å². The number of carbonyl (C=O) groups is 1. The van der Waals surface area contributed by atoms with Crippen LogP contribution in [0.1, 0.15) is 30.9 Å². The third-order valence-electron chi connectivity index (χ3n) is 3.28. The summed E-state index contributed by atoms with van der Waals surface area (Å²) in [5.74, 6) is -0.137. The number of ether oxygens (including phenoxy) is 1. The molecule has 0 saturated carbocycles. The van der Waals surface area contributed by atoms with Crippen molar-refractivity contribution in [1.82, 2.24) is 0 Å². The van der Waals surface area contributed by atoms with Gasteiger partial charge in [-0.3, -0.25) is 4.79 Å². The first-order valence-corrected chi connectivity index (χ1v) is 7.08. The molecule has 98 valence electrons. The van der Waals surface area contributed by atoms with Crippen LogP contribution in [0.4, 0.5) is 0 Å². The molecule has 1 aliphatic rings. The van der Waals surface area contributed by atoms with Gasteiger partial charge in [0, 0.05) is 10.9 Å². The Hall–Kier alpha value is -1.03. The molecule has 1 atom stereocenters. The van der Waals surface area contributed by atoms with Gasteiger partial charge in [-0.25, -0.2) is 0 Å². The van der Waals surface area contributed by atoms with E-state index in [9.17, 15) is 9.90 Å². The standard InChI is InChI=1S/C14H17BrO3/c1-2-3-10(14(16)17)6-11-8-12(15)7-9-4-5-18-13(9)11/h7-8,10H,2-6H2,1H3,(H,16,17). The zero-order valence-corrected chi connectivity index (χ0v) is 12.0. The number of fused-ring (bicyclic) bond motifs is 1. The molecule has 0 aliphatic carbocycles.